The van der Waals surface area contributed by atoms with E-state index in [9.17, 15) is 0 Å². The lowest BCUT2D eigenvalue weighted by Crippen LogP contribution is -1.93. The summed E-state index contributed by atoms with van der Waals surface area (Å²) in [7, 11) is 0. The van der Waals surface area contributed by atoms with Gasteiger partial charge in [0.2, 0.25) is 0 Å². The average Bonchev–Trinajstić information content (AvgIpc) is 2.79. The number of nitrogens with zero attached hydrogens (tertiary/aromatic N) is 3. The zero-order chi connectivity index (χ0) is 13.2. The summed E-state index contributed by atoms with van der Waals surface area (Å²) in [6.07, 6.45) is 2.24. The second-order valence-corrected chi connectivity index (χ2v) is 4.30. The predicted molar refractivity (Wildman–Crippen MR) is 74.4 cm³/mol. The predicted octanol–water partition coefficient (Wildman–Crippen LogP) is 2.65. The minimum Gasteiger partial charge on any atom is -0.399 e. The van der Waals surface area contributed by atoms with Gasteiger partial charge in [-0.1, -0.05) is 18.2 Å². The van der Waals surface area contributed by atoms with Gasteiger partial charge in [0.25, 0.3) is 0 Å². The number of fused-ring (bicyclic) bond motifs is 1. The van der Waals surface area contributed by atoms with Crippen LogP contribution in [0.3, 0.4) is 0 Å². The first-order valence-electron chi connectivity index (χ1n) is 5.98. The van der Waals surface area contributed by atoms with Gasteiger partial charge in [-0.3, -0.25) is 0 Å². The van der Waals surface area contributed by atoms with Gasteiger partial charge in [0.15, 0.2) is 0 Å². The number of nitriles is 1. The van der Waals surface area contributed by atoms with Gasteiger partial charge in [-0.05, 0) is 24.3 Å². The van der Waals surface area contributed by atoms with Crippen LogP contribution in [0.15, 0.2) is 48.7 Å². The highest BCUT2D eigenvalue weighted by atomic mass is 15.0. The van der Waals surface area contributed by atoms with Crippen LogP contribution in [0.4, 0.5) is 5.69 Å². The second kappa shape index (κ2) is 4.46. The Morgan fingerprint density at radius 3 is 2.89 bits per heavy atom. The van der Waals surface area contributed by atoms with Crippen LogP contribution in [0.5, 0.6) is 0 Å². The monoisotopic (exact) mass is 248 g/mol. The molecular formula is C15H12N4. The molecule has 0 saturated heterocycles. The van der Waals surface area contributed by atoms with Gasteiger partial charge in [0.05, 0.1) is 23.9 Å². The van der Waals surface area contributed by atoms with Crippen LogP contribution in [0.2, 0.25) is 0 Å². The Morgan fingerprint density at radius 1 is 1.21 bits per heavy atom. The van der Waals surface area contributed by atoms with Gasteiger partial charge in [0.1, 0.15) is 5.65 Å². The molecule has 4 heteroatoms. The Kier molecular flexibility index (Phi) is 2.66. The molecular weight excluding hydrogens is 236 g/mol. The summed E-state index contributed by atoms with van der Waals surface area (Å²) in [6, 6.07) is 15.5. The first-order chi connectivity index (χ1) is 9.29. The number of aromatic nitrogens is 2. The molecule has 0 atom stereocenters. The second-order valence-electron chi connectivity index (χ2n) is 4.30. The molecule has 0 amide bonds. The van der Waals surface area contributed by atoms with E-state index in [1.807, 2.05) is 53.1 Å². The topological polar surface area (TPSA) is 67.1 Å². The van der Waals surface area contributed by atoms with E-state index in [1.165, 1.54) is 0 Å². The first kappa shape index (κ1) is 11.3. The van der Waals surface area contributed by atoms with Crippen molar-refractivity contribution in [3.63, 3.8) is 0 Å². The number of anilines is 1. The molecule has 2 heterocycles. The smallest absolute Gasteiger partial charge is 0.137 e. The zero-order valence-corrected chi connectivity index (χ0v) is 10.2. The number of hydrogen-bond acceptors (Lipinski definition) is 3. The van der Waals surface area contributed by atoms with E-state index in [2.05, 4.69) is 11.1 Å². The summed E-state index contributed by atoms with van der Waals surface area (Å²) in [5.41, 5.74) is 10.00. The molecule has 19 heavy (non-hydrogen) atoms. The quantitative estimate of drug-likeness (QED) is 0.709. The summed E-state index contributed by atoms with van der Waals surface area (Å²) in [6.45, 7) is 0. The van der Waals surface area contributed by atoms with Crippen LogP contribution in [0, 0.1) is 11.3 Å². The lowest BCUT2D eigenvalue weighted by atomic mass is 10.1. The number of pyridine rings is 1. The molecule has 0 unspecified atom stereocenters. The number of nitrogens with two attached hydrogens (primary N) is 1. The summed E-state index contributed by atoms with van der Waals surface area (Å²) in [5.74, 6) is 0. The van der Waals surface area contributed by atoms with Crippen molar-refractivity contribution in [3.05, 3.63) is 54.4 Å². The van der Waals surface area contributed by atoms with Crippen LogP contribution < -0.4 is 5.73 Å². The molecule has 3 rings (SSSR count). The maximum Gasteiger partial charge on any atom is 0.137 e. The van der Waals surface area contributed by atoms with E-state index < -0.39 is 0 Å². The number of benzene rings is 1. The van der Waals surface area contributed by atoms with Crippen LogP contribution in [-0.4, -0.2) is 9.38 Å². The minimum atomic E-state index is 0.315. The van der Waals surface area contributed by atoms with Gasteiger partial charge >= 0.3 is 0 Å². The molecule has 0 radical (unpaired) electrons. The Balaban J connectivity index is 2.28. The van der Waals surface area contributed by atoms with Crippen molar-refractivity contribution in [1.29, 1.82) is 5.26 Å². The fourth-order valence-corrected chi connectivity index (χ4v) is 2.21. The lowest BCUT2D eigenvalue weighted by Gasteiger charge is -2.02. The summed E-state index contributed by atoms with van der Waals surface area (Å²) < 4.78 is 1.95. The highest BCUT2D eigenvalue weighted by Crippen LogP contribution is 2.26. The minimum absolute atomic E-state index is 0.315. The molecule has 0 bridgehead atoms. The third-order valence-electron chi connectivity index (χ3n) is 3.04. The van der Waals surface area contributed by atoms with Gasteiger partial charge < -0.3 is 10.1 Å². The normalized spacial score (nSPS) is 10.5. The number of nitrogen functional groups attached to an aromatic ring is 1. The fourth-order valence-electron chi connectivity index (χ4n) is 2.21. The van der Waals surface area contributed by atoms with E-state index >= 15 is 0 Å². The molecule has 0 aliphatic carbocycles. The Morgan fingerprint density at radius 2 is 2.11 bits per heavy atom. The zero-order valence-electron chi connectivity index (χ0n) is 10.2. The molecule has 3 aromatic rings. The Labute approximate surface area is 110 Å². The molecule has 0 aliphatic rings. The highest BCUT2D eigenvalue weighted by Gasteiger charge is 2.13. The third kappa shape index (κ3) is 1.91. The Hall–Kier alpha value is -2.80. The van der Waals surface area contributed by atoms with Gasteiger partial charge in [-0.15, -0.1) is 0 Å². The standard InChI is InChI=1S/C15H12N4/c16-8-7-13-15(11-4-3-5-12(17)10-11)18-14-6-1-2-9-19(13)14/h1-6,9-10H,7,17H2. The lowest BCUT2D eigenvalue weighted by molar-refractivity contribution is 1.06. The van der Waals surface area contributed by atoms with Crippen molar-refractivity contribution >= 4 is 11.3 Å². The van der Waals surface area contributed by atoms with E-state index in [0.717, 1.165) is 22.6 Å². The fraction of sp³-hybridized carbons (Fsp3) is 0.0667. The maximum absolute atomic E-state index is 9.01. The molecule has 1 aromatic carbocycles. The van der Waals surface area contributed by atoms with Crippen molar-refractivity contribution in [1.82, 2.24) is 9.38 Å². The van der Waals surface area contributed by atoms with Gasteiger partial charge in [0, 0.05) is 17.4 Å². The van der Waals surface area contributed by atoms with Crippen molar-refractivity contribution in [2.24, 2.45) is 0 Å². The van der Waals surface area contributed by atoms with Crippen LogP contribution in [-0.2, 0) is 6.42 Å². The average molecular weight is 248 g/mol. The molecule has 4 nitrogen and oxygen atoms in total. The van der Waals surface area contributed by atoms with Crippen molar-refractivity contribution < 1.29 is 0 Å². The van der Waals surface area contributed by atoms with Crippen LogP contribution in [0.25, 0.3) is 16.9 Å². The maximum atomic E-state index is 9.01. The molecule has 0 aliphatic heterocycles. The molecule has 2 N–H and O–H groups in total. The van der Waals surface area contributed by atoms with Crippen molar-refractivity contribution in [2.75, 3.05) is 5.73 Å². The number of hydrogen-bond donors (Lipinski definition) is 1. The van der Waals surface area contributed by atoms with Gasteiger partial charge in [-0.2, -0.15) is 5.26 Å². The van der Waals surface area contributed by atoms with Gasteiger partial charge in [-0.25, -0.2) is 4.98 Å². The van der Waals surface area contributed by atoms with Crippen molar-refractivity contribution in [3.8, 4) is 17.3 Å². The SMILES string of the molecule is N#CCc1c(-c2cccc(N)c2)nc2ccccn12. The van der Waals surface area contributed by atoms with Crippen LogP contribution in [0.1, 0.15) is 5.69 Å². The Bertz CT molecular complexity index is 780. The highest BCUT2D eigenvalue weighted by molar-refractivity contribution is 5.69. The van der Waals surface area contributed by atoms with E-state index in [1.54, 1.807) is 0 Å². The number of rotatable bonds is 2. The number of imidazole rings is 1. The summed E-state index contributed by atoms with van der Waals surface area (Å²) in [5, 5.41) is 9.01. The molecule has 92 valence electrons. The molecule has 0 spiro atoms. The molecule has 0 saturated carbocycles. The van der Waals surface area contributed by atoms with E-state index in [0.29, 0.717) is 12.1 Å². The molecule has 0 fully saturated rings. The first-order valence-corrected chi connectivity index (χ1v) is 5.98. The van der Waals surface area contributed by atoms with Crippen LogP contribution >= 0.6 is 0 Å². The summed E-state index contributed by atoms with van der Waals surface area (Å²) >= 11 is 0. The van der Waals surface area contributed by atoms with E-state index in [-0.39, 0.29) is 0 Å². The summed E-state index contributed by atoms with van der Waals surface area (Å²) in [4.78, 5) is 4.60. The third-order valence-corrected chi connectivity index (χ3v) is 3.04. The van der Waals surface area contributed by atoms with E-state index in [4.69, 9.17) is 11.0 Å². The molecule has 2 aromatic heterocycles. The van der Waals surface area contributed by atoms with Crippen molar-refractivity contribution in [2.45, 2.75) is 6.42 Å². The largest absolute Gasteiger partial charge is 0.399 e.